The first-order valence-electron chi connectivity index (χ1n) is 7.27. The number of carbonyl (C=O) groups excluding carboxylic acids is 1. The number of aromatic nitrogens is 2. The summed E-state index contributed by atoms with van der Waals surface area (Å²) in [4.78, 5) is 11.7. The fourth-order valence-electron chi connectivity index (χ4n) is 3.24. The largest absolute Gasteiger partial charge is 0.383 e. The van der Waals surface area contributed by atoms with Crippen molar-refractivity contribution in [1.29, 1.82) is 0 Å². The molecule has 1 aromatic heterocycles. The van der Waals surface area contributed by atoms with E-state index in [4.69, 9.17) is 11.5 Å². The molecule has 0 saturated carbocycles. The van der Waals surface area contributed by atoms with Crippen LogP contribution in [0.25, 0.3) is 0 Å². The molecule has 1 unspecified atom stereocenters. The highest BCUT2D eigenvalue weighted by Gasteiger charge is 2.27. The van der Waals surface area contributed by atoms with Crippen molar-refractivity contribution in [2.24, 2.45) is 12.8 Å². The summed E-state index contributed by atoms with van der Waals surface area (Å²) in [6.45, 7) is 0. The Morgan fingerprint density at radius 3 is 2.76 bits per heavy atom. The van der Waals surface area contributed by atoms with Gasteiger partial charge < -0.3 is 11.5 Å². The third-order valence-electron chi connectivity index (χ3n) is 4.34. The fourth-order valence-corrected chi connectivity index (χ4v) is 3.24. The van der Waals surface area contributed by atoms with E-state index in [9.17, 15) is 4.79 Å². The lowest BCUT2D eigenvalue weighted by molar-refractivity contribution is 0.0999. The number of fused-ring (bicyclic) bond motifs is 1. The topological polar surface area (TPSA) is 86.9 Å². The molecule has 5 nitrogen and oxygen atoms in total. The van der Waals surface area contributed by atoms with Crippen LogP contribution >= 0.6 is 0 Å². The van der Waals surface area contributed by atoms with E-state index < -0.39 is 5.91 Å². The molecule has 1 aromatic carbocycles. The molecule has 1 aliphatic rings. The summed E-state index contributed by atoms with van der Waals surface area (Å²) in [7, 11) is 1.75. The summed E-state index contributed by atoms with van der Waals surface area (Å²) in [5.74, 6) is 0.0582. The number of nitrogens with two attached hydrogens (primary N) is 2. The highest BCUT2D eigenvalue weighted by Crippen LogP contribution is 2.34. The second-order valence-corrected chi connectivity index (χ2v) is 5.70. The molecule has 1 amide bonds. The molecule has 4 N–H and O–H groups in total. The van der Waals surface area contributed by atoms with Crippen molar-refractivity contribution >= 4 is 11.7 Å². The highest BCUT2D eigenvalue weighted by molar-refractivity contribution is 5.98. The summed E-state index contributed by atoms with van der Waals surface area (Å²) >= 11 is 0. The first-order chi connectivity index (χ1) is 10.1. The van der Waals surface area contributed by atoms with Crippen LogP contribution in [0.5, 0.6) is 0 Å². The Kier molecular flexibility index (Phi) is 3.41. The number of amides is 1. The summed E-state index contributed by atoms with van der Waals surface area (Å²) in [5, 5.41) is 4.46. The molecule has 0 spiro atoms. The maximum Gasteiger partial charge on any atom is 0.254 e. The van der Waals surface area contributed by atoms with Crippen molar-refractivity contribution in [3.05, 3.63) is 46.6 Å². The minimum atomic E-state index is -0.492. The fraction of sp³-hybridized carbons (Fsp3) is 0.375. The van der Waals surface area contributed by atoms with Crippen LogP contribution in [0.3, 0.4) is 0 Å². The van der Waals surface area contributed by atoms with Gasteiger partial charge in [-0.25, -0.2) is 0 Å². The maximum atomic E-state index is 11.7. The van der Waals surface area contributed by atoms with Crippen LogP contribution in [0.4, 0.5) is 5.82 Å². The average molecular weight is 284 g/mol. The van der Waals surface area contributed by atoms with Gasteiger partial charge in [0.2, 0.25) is 0 Å². The molecule has 0 saturated heterocycles. The van der Waals surface area contributed by atoms with Gasteiger partial charge in [-0.2, -0.15) is 5.10 Å². The van der Waals surface area contributed by atoms with Crippen LogP contribution in [0.15, 0.2) is 24.3 Å². The van der Waals surface area contributed by atoms with Crippen LogP contribution in [0, 0.1) is 0 Å². The number of aryl methyl sites for hydroxylation is 2. The summed E-state index contributed by atoms with van der Waals surface area (Å²) in [6.07, 6.45) is 4.02. The third kappa shape index (κ3) is 2.39. The smallest absolute Gasteiger partial charge is 0.254 e. The Labute approximate surface area is 123 Å². The van der Waals surface area contributed by atoms with Crippen molar-refractivity contribution in [2.75, 3.05) is 5.73 Å². The molecule has 3 rings (SSSR count). The molecule has 21 heavy (non-hydrogen) atoms. The molecule has 1 aliphatic carbocycles. The zero-order valence-corrected chi connectivity index (χ0v) is 12.2. The minimum Gasteiger partial charge on any atom is -0.383 e. The van der Waals surface area contributed by atoms with Gasteiger partial charge in [-0.1, -0.05) is 24.3 Å². The van der Waals surface area contributed by atoms with Crippen LogP contribution in [-0.4, -0.2) is 15.7 Å². The molecule has 2 aromatic rings. The standard InChI is InChI=1S/C16H20N4O/c1-20-15(17)13(16(18)21)14(19-20)12-8-4-7-10-5-2-3-6-11(10)9-12/h2-3,5-6,12H,4,7-9,17H2,1H3,(H2,18,21). The van der Waals surface area contributed by atoms with Gasteiger partial charge in [0.05, 0.1) is 5.69 Å². The quantitative estimate of drug-likeness (QED) is 0.824. The van der Waals surface area contributed by atoms with E-state index in [1.54, 1.807) is 11.7 Å². The van der Waals surface area contributed by atoms with Gasteiger partial charge in [-0.15, -0.1) is 0 Å². The van der Waals surface area contributed by atoms with Crippen molar-refractivity contribution in [1.82, 2.24) is 9.78 Å². The SMILES string of the molecule is Cn1nc(C2CCCc3ccccc3C2)c(C(N)=O)c1N. The zero-order valence-electron chi connectivity index (χ0n) is 12.2. The van der Waals surface area contributed by atoms with Crippen molar-refractivity contribution in [3.8, 4) is 0 Å². The number of hydrogen-bond donors (Lipinski definition) is 2. The summed E-state index contributed by atoms with van der Waals surface area (Å²) in [6, 6.07) is 8.47. The lowest BCUT2D eigenvalue weighted by atomic mass is 9.91. The Morgan fingerprint density at radius 2 is 2.05 bits per heavy atom. The molecule has 110 valence electrons. The molecule has 1 heterocycles. The van der Waals surface area contributed by atoms with Crippen LogP contribution in [0.2, 0.25) is 0 Å². The number of nitrogen functional groups attached to an aromatic ring is 1. The van der Waals surface area contributed by atoms with E-state index >= 15 is 0 Å². The predicted octanol–water partition coefficient (Wildman–Crippen LogP) is 1.76. The monoisotopic (exact) mass is 284 g/mol. The van der Waals surface area contributed by atoms with Crippen LogP contribution in [0.1, 0.15) is 45.9 Å². The maximum absolute atomic E-state index is 11.7. The van der Waals surface area contributed by atoms with Crippen LogP contribution in [-0.2, 0) is 19.9 Å². The van der Waals surface area contributed by atoms with E-state index in [2.05, 4.69) is 29.4 Å². The number of anilines is 1. The van der Waals surface area contributed by atoms with Crippen molar-refractivity contribution in [2.45, 2.75) is 31.6 Å². The Bertz CT molecular complexity index is 690. The molecular weight excluding hydrogens is 264 g/mol. The van der Waals surface area contributed by atoms with Gasteiger partial charge in [-0.3, -0.25) is 9.48 Å². The summed E-state index contributed by atoms with van der Waals surface area (Å²) in [5.41, 5.74) is 15.3. The van der Waals surface area contributed by atoms with Gasteiger partial charge in [0, 0.05) is 13.0 Å². The number of rotatable bonds is 2. The zero-order chi connectivity index (χ0) is 15.0. The molecule has 0 bridgehead atoms. The van der Waals surface area contributed by atoms with E-state index in [0.717, 1.165) is 31.4 Å². The van der Waals surface area contributed by atoms with E-state index in [-0.39, 0.29) is 5.92 Å². The minimum absolute atomic E-state index is 0.194. The lowest BCUT2D eigenvalue weighted by Crippen LogP contribution is -2.17. The predicted molar refractivity (Wildman–Crippen MR) is 82.0 cm³/mol. The van der Waals surface area contributed by atoms with E-state index in [0.29, 0.717) is 11.4 Å². The first-order valence-corrected chi connectivity index (χ1v) is 7.27. The van der Waals surface area contributed by atoms with Crippen molar-refractivity contribution in [3.63, 3.8) is 0 Å². The van der Waals surface area contributed by atoms with Gasteiger partial charge in [0.1, 0.15) is 11.4 Å². The summed E-state index contributed by atoms with van der Waals surface area (Å²) < 4.78 is 1.55. The number of carbonyl (C=O) groups is 1. The lowest BCUT2D eigenvalue weighted by Gasteiger charge is -2.13. The average Bonchev–Trinajstić information content (AvgIpc) is 2.64. The number of primary amides is 1. The van der Waals surface area contributed by atoms with Gasteiger partial charge >= 0.3 is 0 Å². The Hall–Kier alpha value is -2.30. The Balaban J connectivity index is 2.02. The first kappa shape index (κ1) is 13.7. The van der Waals surface area contributed by atoms with Gasteiger partial charge in [0.25, 0.3) is 5.91 Å². The molecular formula is C16H20N4O. The second-order valence-electron chi connectivity index (χ2n) is 5.70. The van der Waals surface area contributed by atoms with E-state index in [1.165, 1.54) is 11.1 Å². The van der Waals surface area contributed by atoms with Gasteiger partial charge in [0.15, 0.2) is 0 Å². The molecule has 1 atom stereocenters. The number of hydrogen-bond acceptors (Lipinski definition) is 3. The Morgan fingerprint density at radius 1 is 1.33 bits per heavy atom. The second kappa shape index (κ2) is 5.24. The van der Waals surface area contributed by atoms with Crippen LogP contribution < -0.4 is 11.5 Å². The highest BCUT2D eigenvalue weighted by atomic mass is 16.1. The molecule has 5 heteroatoms. The van der Waals surface area contributed by atoms with E-state index in [1.807, 2.05) is 0 Å². The molecule has 0 radical (unpaired) electrons. The number of nitrogens with zero attached hydrogens (tertiary/aromatic N) is 2. The van der Waals surface area contributed by atoms with Crippen molar-refractivity contribution < 1.29 is 4.79 Å². The molecule has 0 aliphatic heterocycles. The third-order valence-corrected chi connectivity index (χ3v) is 4.34. The number of benzene rings is 1. The normalized spacial score (nSPS) is 18.0. The van der Waals surface area contributed by atoms with Gasteiger partial charge in [-0.05, 0) is 36.8 Å². The molecule has 0 fully saturated rings.